The molecule has 0 spiro atoms. The standard InChI is InChI=1S/C16H19N5O4/c1-11-17-8-9-21(11)13-5-4-12(19-20-13)15(22)18-10-16(24-3)7-6-14(23-2)25-16/h4-9,14H,10H2,1-3H3,(H,18,22). The van der Waals surface area contributed by atoms with E-state index in [0.29, 0.717) is 5.82 Å². The zero-order chi connectivity index (χ0) is 17.9. The Hall–Kier alpha value is -2.62. The summed E-state index contributed by atoms with van der Waals surface area (Å²) in [5.41, 5.74) is 0.193. The Morgan fingerprint density at radius 1 is 1.40 bits per heavy atom. The lowest BCUT2D eigenvalue weighted by molar-refractivity contribution is -0.238. The van der Waals surface area contributed by atoms with E-state index in [2.05, 4.69) is 20.5 Å². The summed E-state index contributed by atoms with van der Waals surface area (Å²) in [6.45, 7) is 1.97. The zero-order valence-electron chi connectivity index (χ0n) is 14.2. The van der Waals surface area contributed by atoms with Crippen molar-refractivity contribution >= 4 is 5.91 Å². The number of nitrogens with one attached hydrogen (secondary N) is 1. The first-order valence-electron chi connectivity index (χ1n) is 7.64. The highest BCUT2D eigenvalue weighted by Gasteiger charge is 2.36. The number of hydrogen-bond donors (Lipinski definition) is 1. The monoisotopic (exact) mass is 345 g/mol. The minimum absolute atomic E-state index is 0.114. The number of aromatic nitrogens is 4. The highest BCUT2D eigenvalue weighted by atomic mass is 16.8. The number of aryl methyl sites for hydroxylation is 1. The number of methoxy groups -OCH3 is 2. The molecular weight excluding hydrogens is 326 g/mol. The molecule has 0 saturated carbocycles. The van der Waals surface area contributed by atoms with Crippen LogP contribution in [0.4, 0.5) is 0 Å². The van der Waals surface area contributed by atoms with Crippen molar-refractivity contribution < 1.29 is 19.0 Å². The van der Waals surface area contributed by atoms with Crippen LogP contribution < -0.4 is 5.32 Å². The first-order valence-corrected chi connectivity index (χ1v) is 7.64. The number of imidazole rings is 1. The lowest BCUT2D eigenvalue weighted by Crippen LogP contribution is -2.44. The molecule has 132 valence electrons. The van der Waals surface area contributed by atoms with E-state index < -0.39 is 12.1 Å². The van der Waals surface area contributed by atoms with E-state index in [0.717, 1.165) is 5.82 Å². The van der Waals surface area contributed by atoms with Crippen LogP contribution in [0.15, 0.2) is 36.7 Å². The SMILES string of the molecule is COC1C=CC(CNC(=O)c2ccc(-n3ccnc3C)nn2)(OC)O1. The summed E-state index contributed by atoms with van der Waals surface area (Å²) < 4.78 is 17.8. The molecule has 0 fully saturated rings. The molecule has 2 atom stereocenters. The van der Waals surface area contributed by atoms with E-state index in [-0.39, 0.29) is 18.1 Å². The summed E-state index contributed by atoms with van der Waals surface area (Å²) in [6, 6.07) is 3.30. The molecule has 1 aliphatic heterocycles. The van der Waals surface area contributed by atoms with Gasteiger partial charge in [-0.05, 0) is 31.2 Å². The third kappa shape index (κ3) is 3.58. The summed E-state index contributed by atoms with van der Waals surface area (Å²) >= 11 is 0. The Balaban J connectivity index is 1.64. The molecule has 3 rings (SSSR count). The molecule has 0 saturated heterocycles. The van der Waals surface area contributed by atoms with Crippen LogP contribution >= 0.6 is 0 Å². The van der Waals surface area contributed by atoms with Gasteiger partial charge < -0.3 is 19.5 Å². The van der Waals surface area contributed by atoms with E-state index in [4.69, 9.17) is 14.2 Å². The van der Waals surface area contributed by atoms with Crippen LogP contribution in [0.5, 0.6) is 0 Å². The molecule has 25 heavy (non-hydrogen) atoms. The number of carbonyl (C=O) groups is 1. The van der Waals surface area contributed by atoms with Gasteiger partial charge in [0.15, 0.2) is 17.8 Å². The van der Waals surface area contributed by atoms with Gasteiger partial charge in [-0.3, -0.25) is 9.36 Å². The Kier molecular flexibility index (Phi) is 4.88. The first-order chi connectivity index (χ1) is 12.1. The van der Waals surface area contributed by atoms with Crippen molar-refractivity contribution in [3.63, 3.8) is 0 Å². The summed E-state index contributed by atoms with van der Waals surface area (Å²) in [6.07, 6.45) is 6.37. The quantitative estimate of drug-likeness (QED) is 0.765. The van der Waals surface area contributed by atoms with Gasteiger partial charge in [0.1, 0.15) is 5.82 Å². The predicted molar refractivity (Wildman–Crippen MR) is 87.0 cm³/mol. The average Bonchev–Trinajstić information content (AvgIpc) is 3.26. The molecule has 1 N–H and O–H groups in total. The van der Waals surface area contributed by atoms with Crippen molar-refractivity contribution in [2.75, 3.05) is 20.8 Å². The number of hydrogen-bond acceptors (Lipinski definition) is 7. The molecular formula is C16H19N5O4. The van der Waals surface area contributed by atoms with Gasteiger partial charge in [0, 0.05) is 26.6 Å². The molecule has 2 aromatic heterocycles. The molecule has 3 heterocycles. The molecule has 1 amide bonds. The minimum atomic E-state index is -1.06. The molecule has 1 aliphatic rings. The maximum absolute atomic E-state index is 12.3. The van der Waals surface area contributed by atoms with Gasteiger partial charge in [0.05, 0.1) is 6.54 Å². The number of amides is 1. The zero-order valence-corrected chi connectivity index (χ0v) is 14.2. The Labute approximate surface area is 144 Å². The first kappa shape index (κ1) is 17.2. The molecule has 2 unspecified atom stereocenters. The minimum Gasteiger partial charge on any atom is -0.352 e. The maximum atomic E-state index is 12.3. The molecule has 0 bridgehead atoms. The number of nitrogens with zero attached hydrogens (tertiary/aromatic N) is 4. The molecule has 2 aromatic rings. The fraction of sp³-hybridized carbons (Fsp3) is 0.375. The van der Waals surface area contributed by atoms with E-state index in [9.17, 15) is 4.79 Å². The highest BCUT2D eigenvalue weighted by molar-refractivity contribution is 5.92. The molecule has 0 aromatic carbocycles. The van der Waals surface area contributed by atoms with Gasteiger partial charge in [-0.2, -0.15) is 0 Å². The predicted octanol–water partition coefficient (Wildman–Crippen LogP) is 0.602. The fourth-order valence-electron chi connectivity index (χ4n) is 2.40. The van der Waals surface area contributed by atoms with Crippen LogP contribution in [0.2, 0.25) is 0 Å². The van der Waals surface area contributed by atoms with Gasteiger partial charge in [-0.1, -0.05) is 0 Å². The fourth-order valence-corrected chi connectivity index (χ4v) is 2.40. The molecule has 9 heteroatoms. The third-order valence-electron chi connectivity index (χ3n) is 3.85. The van der Waals surface area contributed by atoms with Crippen LogP contribution in [-0.4, -0.2) is 58.5 Å². The second-order valence-corrected chi connectivity index (χ2v) is 5.40. The van der Waals surface area contributed by atoms with Gasteiger partial charge in [0.25, 0.3) is 5.91 Å². The smallest absolute Gasteiger partial charge is 0.272 e. The second-order valence-electron chi connectivity index (χ2n) is 5.40. The number of rotatable bonds is 6. The topological polar surface area (TPSA) is 100 Å². The van der Waals surface area contributed by atoms with E-state index in [1.807, 2.05) is 6.92 Å². The van der Waals surface area contributed by atoms with Gasteiger partial charge in [-0.25, -0.2) is 4.98 Å². The van der Waals surface area contributed by atoms with Crippen molar-refractivity contribution in [1.29, 1.82) is 0 Å². The van der Waals surface area contributed by atoms with Gasteiger partial charge in [0.2, 0.25) is 5.79 Å². The van der Waals surface area contributed by atoms with Crippen LogP contribution in [0.3, 0.4) is 0 Å². The van der Waals surface area contributed by atoms with Crippen molar-refractivity contribution in [3.8, 4) is 5.82 Å². The summed E-state index contributed by atoms with van der Waals surface area (Å²) in [4.78, 5) is 16.4. The van der Waals surface area contributed by atoms with Crippen molar-refractivity contribution in [3.05, 3.63) is 48.2 Å². The van der Waals surface area contributed by atoms with Crippen molar-refractivity contribution in [1.82, 2.24) is 25.1 Å². The average molecular weight is 345 g/mol. The largest absolute Gasteiger partial charge is 0.352 e. The Morgan fingerprint density at radius 2 is 2.24 bits per heavy atom. The third-order valence-corrected chi connectivity index (χ3v) is 3.85. The molecule has 0 aliphatic carbocycles. The van der Waals surface area contributed by atoms with Gasteiger partial charge in [-0.15, -0.1) is 10.2 Å². The number of ether oxygens (including phenoxy) is 3. The van der Waals surface area contributed by atoms with Crippen LogP contribution in [0.1, 0.15) is 16.3 Å². The Morgan fingerprint density at radius 3 is 2.80 bits per heavy atom. The maximum Gasteiger partial charge on any atom is 0.272 e. The van der Waals surface area contributed by atoms with E-state index in [1.165, 1.54) is 14.2 Å². The lowest BCUT2D eigenvalue weighted by atomic mass is 10.2. The Bertz CT molecular complexity index is 773. The lowest BCUT2D eigenvalue weighted by Gasteiger charge is -2.27. The van der Waals surface area contributed by atoms with Gasteiger partial charge >= 0.3 is 0 Å². The summed E-state index contributed by atoms with van der Waals surface area (Å²) in [5, 5.41) is 10.8. The highest BCUT2D eigenvalue weighted by Crippen LogP contribution is 2.24. The number of carbonyl (C=O) groups excluding carboxylic acids is 1. The van der Waals surface area contributed by atoms with Crippen molar-refractivity contribution in [2.45, 2.75) is 19.0 Å². The molecule has 0 radical (unpaired) electrons. The molecule has 9 nitrogen and oxygen atoms in total. The summed E-state index contributed by atoms with van der Waals surface area (Å²) in [7, 11) is 3.02. The van der Waals surface area contributed by atoms with Crippen LogP contribution in [-0.2, 0) is 14.2 Å². The van der Waals surface area contributed by atoms with Crippen molar-refractivity contribution in [2.24, 2.45) is 0 Å². The second kappa shape index (κ2) is 7.09. The summed E-state index contributed by atoms with van der Waals surface area (Å²) in [5.74, 6) is -0.0653. The van der Waals surface area contributed by atoms with Crippen LogP contribution in [0, 0.1) is 6.92 Å². The van der Waals surface area contributed by atoms with E-state index >= 15 is 0 Å². The van der Waals surface area contributed by atoms with E-state index in [1.54, 1.807) is 41.2 Å². The van der Waals surface area contributed by atoms with Crippen LogP contribution in [0.25, 0.3) is 5.82 Å². The normalized spacial score (nSPS) is 22.3.